The van der Waals surface area contributed by atoms with Gasteiger partial charge in [-0.25, -0.2) is 0 Å². The van der Waals surface area contributed by atoms with Crippen LogP contribution in [0.1, 0.15) is 19.8 Å². The Morgan fingerprint density at radius 2 is 2.55 bits per heavy atom. The molecule has 0 spiro atoms. The van der Waals surface area contributed by atoms with E-state index in [1.165, 1.54) is 11.8 Å². The van der Waals surface area contributed by atoms with Crippen molar-refractivity contribution in [2.24, 2.45) is 0 Å². The van der Waals surface area contributed by atoms with Gasteiger partial charge in [-0.1, -0.05) is 18.7 Å². The van der Waals surface area contributed by atoms with Crippen molar-refractivity contribution in [1.82, 2.24) is 0 Å². The summed E-state index contributed by atoms with van der Waals surface area (Å²) in [6.07, 6.45) is 1.32. The second-order valence-electron chi connectivity index (χ2n) is 2.35. The predicted octanol–water partition coefficient (Wildman–Crippen LogP) is 0.972. The third-order valence-electron chi connectivity index (χ3n) is 1.35. The van der Waals surface area contributed by atoms with Crippen LogP contribution in [0.4, 0.5) is 0 Å². The molecule has 62 valence electrons. The summed E-state index contributed by atoms with van der Waals surface area (Å²) in [5.41, 5.74) is -0.512. The van der Waals surface area contributed by atoms with Gasteiger partial charge in [-0.2, -0.15) is 0 Å². The fraction of sp³-hybridized carbons (Fsp3) is 0.714. The maximum Gasteiger partial charge on any atom is 0.317 e. The zero-order valence-electron chi connectivity index (χ0n) is 6.33. The number of hydrogen-bond donors (Lipinski definition) is 0. The van der Waals surface area contributed by atoms with Crippen LogP contribution in [0.15, 0.2) is 0 Å². The van der Waals surface area contributed by atoms with Gasteiger partial charge in [0.25, 0.3) is 0 Å². The van der Waals surface area contributed by atoms with Crippen LogP contribution in [0.3, 0.4) is 0 Å². The van der Waals surface area contributed by atoms with Crippen molar-refractivity contribution in [3.63, 3.8) is 0 Å². The molecule has 3 nitrogen and oxygen atoms in total. The molecule has 0 amide bonds. The minimum absolute atomic E-state index is 0.0309. The van der Waals surface area contributed by atoms with E-state index < -0.39 is 5.44 Å². The van der Waals surface area contributed by atoms with Gasteiger partial charge in [0.2, 0.25) is 5.44 Å². The van der Waals surface area contributed by atoms with Crippen LogP contribution in [-0.2, 0) is 14.3 Å². The molecule has 0 bridgehead atoms. The number of esters is 1. The minimum Gasteiger partial charge on any atom is -0.442 e. The molecule has 0 aromatic rings. The van der Waals surface area contributed by atoms with Crippen molar-refractivity contribution in [2.45, 2.75) is 25.2 Å². The monoisotopic (exact) mass is 174 g/mol. The normalized spacial score (nSPS) is 23.4. The topological polar surface area (TPSA) is 43.4 Å². The van der Waals surface area contributed by atoms with E-state index in [0.717, 1.165) is 6.42 Å². The number of carbonyl (C=O) groups is 2. The van der Waals surface area contributed by atoms with Gasteiger partial charge in [-0.05, 0) is 6.42 Å². The number of cyclic esters (lactones) is 1. The smallest absolute Gasteiger partial charge is 0.317 e. The van der Waals surface area contributed by atoms with Gasteiger partial charge in [-0.3, -0.25) is 9.59 Å². The van der Waals surface area contributed by atoms with Crippen LogP contribution in [-0.4, -0.2) is 22.9 Å². The van der Waals surface area contributed by atoms with Gasteiger partial charge in [0.15, 0.2) is 5.78 Å². The Kier molecular flexibility index (Phi) is 2.93. The molecule has 0 aliphatic carbocycles. The van der Waals surface area contributed by atoms with E-state index in [-0.39, 0.29) is 11.8 Å². The van der Waals surface area contributed by atoms with E-state index in [9.17, 15) is 9.59 Å². The van der Waals surface area contributed by atoms with Crippen LogP contribution in [0.5, 0.6) is 0 Å². The lowest BCUT2D eigenvalue weighted by atomic mass is 10.2. The molecule has 0 saturated carbocycles. The molecule has 1 saturated heterocycles. The second-order valence-corrected chi connectivity index (χ2v) is 3.40. The molecular weight excluding hydrogens is 164 g/mol. The van der Waals surface area contributed by atoms with E-state index in [4.69, 9.17) is 4.74 Å². The number of ether oxygens (including phenoxy) is 1. The summed E-state index contributed by atoms with van der Waals surface area (Å²) in [5.74, 6) is 0.0768. The van der Waals surface area contributed by atoms with E-state index in [2.05, 4.69) is 0 Å². The van der Waals surface area contributed by atoms with Gasteiger partial charge in [0.1, 0.15) is 0 Å². The Bertz CT molecular complexity index is 179. The molecule has 4 heteroatoms. The maximum absolute atomic E-state index is 11.1. The van der Waals surface area contributed by atoms with Gasteiger partial charge < -0.3 is 4.74 Å². The summed E-state index contributed by atoms with van der Waals surface area (Å²) in [6.45, 7) is 1.93. The first kappa shape index (κ1) is 8.59. The number of Topliss-reactive ketones (excluding diaryl/α,β-unsaturated/α-hetero) is 1. The fourth-order valence-electron chi connectivity index (χ4n) is 0.854. The summed E-state index contributed by atoms with van der Waals surface area (Å²) in [7, 11) is 0. The first-order valence-electron chi connectivity index (χ1n) is 3.58. The highest BCUT2D eigenvalue weighted by molar-refractivity contribution is 8.01. The Labute approximate surface area is 69.5 Å². The van der Waals surface area contributed by atoms with Crippen LogP contribution >= 0.6 is 11.8 Å². The molecule has 1 unspecified atom stereocenters. The first-order chi connectivity index (χ1) is 5.24. The van der Waals surface area contributed by atoms with Crippen molar-refractivity contribution >= 4 is 23.5 Å². The molecule has 1 aliphatic heterocycles. The zero-order valence-corrected chi connectivity index (χ0v) is 7.15. The molecule has 1 fully saturated rings. The molecule has 0 aromatic carbocycles. The highest BCUT2D eigenvalue weighted by Gasteiger charge is 2.29. The lowest BCUT2D eigenvalue weighted by molar-refractivity contribution is -0.145. The zero-order chi connectivity index (χ0) is 8.27. The standard InChI is InChI=1S/C7H10O3S/c1-2-3-5(8)7-10-6(9)4-11-7/h7H,2-4H2,1H3. The summed E-state index contributed by atoms with van der Waals surface area (Å²) < 4.78 is 4.75. The first-order valence-corrected chi connectivity index (χ1v) is 4.62. The number of hydrogen-bond acceptors (Lipinski definition) is 4. The molecule has 0 N–H and O–H groups in total. The lowest BCUT2D eigenvalue weighted by Crippen LogP contribution is -2.16. The summed E-state index contributed by atoms with van der Waals surface area (Å²) in [5, 5.41) is 0. The summed E-state index contributed by atoms with van der Waals surface area (Å²) in [6, 6.07) is 0. The highest BCUT2D eigenvalue weighted by Crippen LogP contribution is 2.22. The van der Waals surface area contributed by atoms with Crippen molar-refractivity contribution in [3.8, 4) is 0 Å². The van der Waals surface area contributed by atoms with Crippen molar-refractivity contribution in [2.75, 3.05) is 5.75 Å². The van der Waals surface area contributed by atoms with Crippen molar-refractivity contribution in [3.05, 3.63) is 0 Å². The molecular formula is C7H10O3S. The Hall–Kier alpha value is -0.510. The lowest BCUT2D eigenvalue weighted by Gasteiger charge is -2.04. The summed E-state index contributed by atoms with van der Waals surface area (Å²) in [4.78, 5) is 21.7. The number of carbonyl (C=O) groups excluding carboxylic acids is 2. The molecule has 1 aliphatic rings. The number of rotatable bonds is 3. The average molecular weight is 174 g/mol. The SMILES string of the molecule is CCCC(=O)C1OC(=O)CS1. The van der Waals surface area contributed by atoms with Crippen molar-refractivity contribution < 1.29 is 14.3 Å². The van der Waals surface area contributed by atoms with Crippen LogP contribution < -0.4 is 0 Å². The number of thioether (sulfide) groups is 1. The summed E-state index contributed by atoms with van der Waals surface area (Å²) >= 11 is 1.28. The number of ketones is 1. The third-order valence-corrected chi connectivity index (χ3v) is 2.41. The molecule has 0 radical (unpaired) electrons. The van der Waals surface area contributed by atoms with Gasteiger partial charge in [-0.15, -0.1) is 0 Å². The minimum atomic E-state index is -0.512. The van der Waals surface area contributed by atoms with Crippen LogP contribution in [0.2, 0.25) is 0 Å². The van der Waals surface area contributed by atoms with Gasteiger partial charge >= 0.3 is 5.97 Å². The molecule has 0 aromatic heterocycles. The second kappa shape index (κ2) is 3.76. The Morgan fingerprint density at radius 1 is 1.82 bits per heavy atom. The van der Waals surface area contributed by atoms with E-state index in [0.29, 0.717) is 12.2 Å². The molecule has 1 rings (SSSR count). The molecule has 1 atom stereocenters. The highest BCUT2D eigenvalue weighted by atomic mass is 32.2. The van der Waals surface area contributed by atoms with Gasteiger partial charge in [0.05, 0.1) is 5.75 Å². The van der Waals surface area contributed by atoms with Gasteiger partial charge in [0, 0.05) is 6.42 Å². The predicted molar refractivity (Wildman–Crippen MR) is 42.3 cm³/mol. The molecule has 1 heterocycles. The van der Waals surface area contributed by atoms with E-state index in [1.807, 2.05) is 6.92 Å². The fourth-order valence-corrected chi connectivity index (χ4v) is 1.69. The maximum atomic E-state index is 11.1. The third kappa shape index (κ3) is 2.22. The Balaban J connectivity index is 2.37. The largest absolute Gasteiger partial charge is 0.442 e. The van der Waals surface area contributed by atoms with Crippen LogP contribution in [0.25, 0.3) is 0 Å². The Morgan fingerprint density at radius 3 is 3.00 bits per heavy atom. The van der Waals surface area contributed by atoms with Crippen LogP contribution in [0, 0.1) is 0 Å². The quantitative estimate of drug-likeness (QED) is 0.598. The van der Waals surface area contributed by atoms with E-state index >= 15 is 0 Å². The molecule has 11 heavy (non-hydrogen) atoms. The van der Waals surface area contributed by atoms with E-state index in [1.54, 1.807) is 0 Å². The average Bonchev–Trinajstić information content (AvgIpc) is 2.36. The van der Waals surface area contributed by atoms with Crippen molar-refractivity contribution in [1.29, 1.82) is 0 Å².